The summed E-state index contributed by atoms with van der Waals surface area (Å²) in [5.41, 5.74) is 1.41. The molecule has 0 atom stereocenters. The van der Waals surface area contributed by atoms with Gasteiger partial charge in [-0.05, 0) is 41.5 Å². The van der Waals surface area contributed by atoms with Crippen molar-refractivity contribution in [1.29, 1.82) is 0 Å². The molecule has 1 fully saturated rings. The smallest absolute Gasteiger partial charge is 0.165 e. The van der Waals surface area contributed by atoms with E-state index in [0.717, 1.165) is 18.1 Å². The molecule has 0 unspecified atom stereocenters. The van der Waals surface area contributed by atoms with Gasteiger partial charge in [-0.25, -0.2) is 23.7 Å². The summed E-state index contributed by atoms with van der Waals surface area (Å²) in [6.07, 6.45) is 8.04. The average Bonchev–Trinajstić information content (AvgIpc) is 3.32. The third-order valence-electron chi connectivity index (χ3n) is 3.45. The molecule has 3 aromatic rings. The monoisotopic (exact) mass is 494 g/mol. The van der Waals surface area contributed by atoms with Crippen LogP contribution in [0.5, 0.6) is 0 Å². The van der Waals surface area contributed by atoms with Gasteiger partial charge in [-0.3, -0.25) is 0 Å². The Morgan fingerprint density at radius 3 is 2.24 bits per heavy atom. The molecule has 130 valence electrons. The van der Waals surface area contributed by atoms with Crippen molar-refractivity contribution in [2.24, 2.45) is 0 Å². The molecule has 0 radical (unpaired) electrons. The third kappa shape index (κ3) is 4.86. The number of imidazole rings is 1. The summed E-state index contributed by atoms with van der Waals surface area (Å²) >= 11 is 13.0. The topological polar surface area (TPSA) is 43.6 Å². The van der Waals surface area contributed by atoms with E-state index in [1.165, 1.54) is 25.0 Å². The summed E-state index contributed by atoms with van der Waals surface area (Å²) in [6, 6.07) is 2.96. The van der Waals surface area contributed by atoms with Gasteiger partial charge in [0.2, 0.25) is 0 Å². The quantitative estimate of drug-likeness (QED) is 0.353. The van der Waals surface area contributed by atoms with Crippen LogP contribution in [0.3, 0.4) is 0 Å². The van der Waals surface area contributed by atoms with Crippen LogP contribution in [0.15, 0.2) is 37.1 Å². The molecule has 9 heteroatoms. The highest BCUT2D eigenvalue weighted by atomic mass is 127. The molecule has 1 aliphatic rings. The minimum Gasteiger partial charge on any atom is -0.303 e. The Hall–Kier alpha value is -1.32. The first-order valence-corrected chi connectivity index (χ1v) is 9.09. The maximum Gasteiger partial charge on any atom is 0.165 e. The predicted octanol–water partition coefficient (Wildman–Crippen LogP) is 5.42. The zero-order valence-corrected chi connectivity index (χ0v) is 16.3. The highest BCUT2D eigenvalue weighted by molar-refractivity contribution is 14.1. The maximum absolute atomic E-state index is 13.5. The van der Waals surface area contributed by atoms with Gasteiger partial charge < -0.3 is 4.57 Å². The van der Waals surface area contributed by atoms with Crippen molar-refractivity contribution >= 4 is 45.8 Å². The molecule has 0 aliphatic heterocycles. The van der Waals surface area contributed by atoms with E-state index >= 15 is 0 Å². The van der Waals surface area contributed by atoms with Crippen LogP contribution < -0.4 is 0 Å². The van der Waals surface area contributed by atoms with Gasteiger partial charge in [-0.2, -0.15) is 0 Å². The first-order valence-electron chi connectivity index (χ1n) is 7.26. The normalized spacial score (nSPS) is 13.3. The van der Waals surface area contributed by atoms with Crippen molar-refractivity contribution in [2.45, 2.75) is 18.8 Å². The number of aromatic nitrogens is 4. The van der Waals surface area contributed by atoms with Gasteiger partial charge in [0.15, 0.2) is 11.6 Å². The van der Waals surface area contributed by atoms with Gasteiger partial charge in [0, 0.05) is 18.2 Å². The molecule has 0 spiro atoms. The molecular weight excluding hydrogens is 484 g/mol. The highest BCUT2D eigenvalue weighted by Crippen LogP contribution is 2.39. The first-order chi connectivity index (χ1) is 11.9. The lowest BCUT2D eigenvalue weighted by atomic mass is 10.3. The molecule has 0 aromatic carbocycles. The maximum atomic E-state index is 13.5. The Kier molecular flexibility index (Phi) is 5.85. The highest BCUT2D eigenvalue weighted by Gasteiger charge is 2.26. The van der Waals surface area contributed by atoms with E-state index in [9.17, 15) is 8.78 Å². The first kappa shape index (κ1) is 18.5. The van der Waals surface area contributed by atoms with Crippen LogP contribution >= 0.6 is 45.8 Å². The van der Waals surface area contributed by atoms with E-state index in [4.69, 9.17) is 23.2 Å². The number of pyridine rings is 2. The minimum absolute atomic E-state index is 0.276. The number of hydrogen-bond acceptors (Lipinski definition) is 3. The molecule has 4 rings (SSSR count). The molecule has 3 heterocycles. The second-order valence-corrected chi connectivity index (χ2v) is 7.30. The second-order valence-electron chi connectivity index (χ2n) is 5.36. The summed E-state index contributed by atoms with van der Waals surface area (Å²) < 4.78 is 28.0. The lowest BCUT2D eigenvalue weighted by molar-refractivity contribution is 0.611. The number of nitrogens with zero attached hydrogens (tertiary/aromatic N) is 4. The van der Waals surface area contributed by atoms with Crippen molar-refractivity contribution < 1.29 is 8.78 Å². The molecule has 0 N–H and O–H groups in total. The van der Waals surface area contributed by atoms with Gasteiger partial charge in [0.05, 0.1) is 33.7 Å². The third-order valence-corrected chi connectivity index (χ3v) is 4.69. The van der Waals surface area contributed by atoms with Gasteiger partial charge in [-0.15, -0.1) is 0 Å². The molecular formula is C16H11Cl2F2IN4. The molecule has 1 saturated carbocycles. The number of hydrogen-bond donors (Lipinski definition) is 0. The van der Waals surface area contributed by atoms with Crippen molar-refractivity contribution in [3.05, 3.63) is 68.3 Å². The van der Waals surface area contributed by atoms with E-state index in [1.54, 1.807) is 10.9 Å². The van der Waals surface area contributed by atoms with Crippen LogP contribution in [-0.2, 0) is 0 Å². The van der Waals surface area contributed by atoms with Crippen LogP contribution in [0.25, 0.3) is 5.69 Å². The molecule has 1 aliphatic carbocycles. The summed E-state index contributed by atoms with van der Waals surface area (Å²) in [4.78, 5) is 11.5. The summed E-state index contributed by atoms with van der Waals surface area (Å²) in [6.45, 7) is 0. The fraction of sp³-hybridized carbons (Fsp3) is 0.188. The Morgan fingerprint density at radius 1 is 1.00 bits per heavy atom. The molecule has 3 aromatic heterocycles. The van der Waals surface area contributed by atoms with Crippen LogP contribution in [-0.4, -0.2) is 19.5 Å². The van der Waals surface area contributed by atoms with Gasteiger partial charge >= 0.3 is 0 Å². The minimum atomic E-state index is -0.399. The lowest BCUT2D eigenvalue weighted by Crippen LogP contribution is -1.95. The SMILES string of the molecule is Fc1cnc(Cl)cc1-n1cnc(C2CC2)c1.Fc1cnc(Cl)cc1I. The molecule has 4 nitrogen and oxygen atoms in total. The van der Waals surface area contributed by atoms with Crippen molar-refractivity contribution in [1.82, 2.24) is 19.5 Å². The Bertz CT molecular complexity index is 900. The summed E-state index contributed by atoms with van der Waals surface area (Å²) in [7, 11) is 0. The Morgan fingerprint density at radius 2 is 1.64 bits per heavy atom. The Balaban J connectivity index is 0.000000173. The van der Waals surface area contributed by atoms with Gasteiger partial charge in [0.25, 0.3) is 0 Å². The van der Waals surface area contributed by atoms with E-state index in [1.807, 2.05) is 28.8 Å². The van der Waals surface area contributed by atoms with Crippen LogP contribution in [0.4, 0.5) is 8.78 Å². The van der Waals surface area contributed by atoms with Crippen LogP contribution in [0.2, 0.25) is 10.3 Å². The fourth-order valence-electron chi connectivity index (χ4n) is 2.05. The lowest BCUT2D eigenvalue weighted by Gasteiger charge is -2.03. The second kappa shape index (κ2) is 7.92. The molecule has 0 amide bonds. The zero-order valence-electron chi connectivity index (χ0n) is 12.6. The standard InChI is InChI=1S/C11H9ClFN3.C5H2ClFIN/c12-11-3-10(8(13)4-14-11)16-5-9(15-6-16)7-1-2-7;6-5-1-4(8)3(7)2-9-5/h3-7H,1-2H2;1-2H. The molecule has 0 saturated heterocycles. The predicted molar refractivity (Wildman–Crippen MR) is 100 cm³/mol. The zero-order chi connectivity index (χ0) is 18.0. The van der Waals surface area contributed by atoms with E-state index in [2.05, 4.69) is 15.0 Å². The summed E-state index contributed by atoms with van der Waals surface area (Å²) in [5, 5.41) is 0.596. The number of rotatable bonds is 2. The largest absolute Gasteiger partial charge is 0.303 e. The molecule has 25 heavy (non-hydrogen) atoms. The fourth-order valence-corrected chi connectivity index (χ4v) is 2.98. The van der Waals surface area contributed by atoms with Crippen molar-refractivity contribution in [2.75, 3.05) is 0 Å². The average molecular weight is 495 g/mol. The van der Waals surface area contributed by atoms with Crippen molar-refractivity contribution in [3.63, 3.8) is 0 Å². The summed E-state index contributed by atoms with van der Waals surface area (Å²) in [5.74, 6) is -0.175. The van der Waals surface area contributed by atoms with Crippen LogP contribution in [0, 0.1) is 15.2 Å². The van der Waals surface area contributed by atoms with Crippen LogP contribution in [0.1, 0.15) is 24.5 Å². The number of halogens is 5. The van der Waals surface area contributed by atoms with E-state index in [0.29, 0.717) is 20.3 Å². The van der Waals surface area contributed by atoms with E-state index in [-0.39, 0.29) is 11.0 Å². The Labute approximate surface area is 166 Å². The molecule has 0 bridgehead atoms. The van der Waals surface area contributed by atoms with E-state index < -0.39 is 5.82 Å². The van der Waals surface area contributed by atoms with Gasteiger partial charge in [-0.1, -0.05) is 23.2 Å². The van der Waals surface area contributed by atoms with Gasteiger partial charge in [0.1, 0.15) is 10.3 Å². The van der Waals surface area contributed by atoms with Crippen molar-refractivity contribution in [3.8, 4) is 5.69 Å².